The van der Waals surface area contributed by atoms with E-state index in [2.05, 4.69) is 40.0 Å². The average molecular weight is 349 g/mol. The van der Waals surface area contributed by atoms with Gasteiger partial charge in [0.25, 0.3) is 5.91 Å². The minimum atomic E-state index is 0.0116. The monoisotopic (exact) mass is 348 g/mol. The van der Waals surface area contributed by atoms with E-state index in [0.29, 0.717) is 16.8 Å². The normalized spacial score (nSPS) is 19.7. The van der Waals surface area contributed by atoms with Gasteiger partial charge in [0.2, 0.25) is 0 Å². The molecule has 1 unspecified atom stereocenters. The average Bonchev–Trinajstić information content (AvgIpc) is 2.93. The fourth-order valence-corrected chi connectivity index (χ4v) is 3.13. The lowest BCUT2D eigenvalue weighted by Crippen LogP contribution is -2.49. The van der Waals surface area contributed by atoms with Crippen LogP contribution in [0.5, 0.6) is 0 Å². The molecule has 1 aliphatic rings. The molecule has 1 fully saturated rings. The Hall–Kier alpha value is -1.59. The first kappa shape index (κ1) is 14.4. The summed E-state index contributed by atoms with van der Waals surface area (Å²) in [6, 6.07) is 12.0. The third kappa shape index (κ3) is 2.89. The minimum absolute atomic E-state index is 0.0116. The van der Waals surface area contributed by atoms with Gasteiger partial charge in [0.05, 0.1) is 17.9 Å². The van der Waals surface area contributed by atoms with Crippen LogP contribution in [0.25, 0.3) is 0 Å². The highest BCUT2D eigenvalue weighted by Gasteiger charge is 2.32. The molecule has 0 saturated carbocycles. The van der Waals surface area contributed by atoms with Crippen molar-refractivity contribution in [2.75, 3.05) is 26.7 Å². The molecule has 0 N–H and O–H groups in total. The molecule has 2 aromatic rings. The van der Waals surface area contributed by atoms with Gasteiger partial charge in [-0.05, 0) is 34.6 Å². The molecule has 1 saturated heterocycles. The van der Waals surface area contributed by atoms with Crippen LogP contribution in [0.3, 0.4) is 0 Å². The van der Waals surface area contributed by atoms with Gasteiger partial charge in [-0.3, -0.25) is 4.79 Å². The summed E-state index contributed by atoms with van der Waals surface area (Å²) in [4.78, 5) is 17.0. The highest BCUT2D eigenvalue weighted by Crippen LogP contribution is 2.28. The number of hydrogen-bond donors (Lipinski definition) is 0. The van der Waals surface area contributed by atoms with Crippen molar-refractivity contribution in [2.45, 2.75) is 6.04 Å². The fraction of sp³-hybridized carbons (Fsp3) is 0.312. The predicted octanol–water partition coefficient (Wildman–Crippen LogP) is 3.17. The Morgan fingerprint density at radius 3 is 2.67 bits per heavy atom. The van der Waals surface area contributed by atoms with Crippen LogP contribution in [-0.4, -0.2) is 42.4 Å². The lowest BCUT2D eigenvalue weighted by Gasteiger charge is -2.40. The molecule has 2 heterocycles. The van der Waals surface area contributed by atoms with Crippen LogP contribution in [0.4, 0.5) is 0 Å². The van der Waals surface area contributed by atoms with E-state index in [4.69, 9.17) is 4.42 Å². The number of rotatable bonds is 2. The van der Waals surface area contributed by atoms with Crippen LogP contribution < -0.4 is 0 Å². The second-order valence-electron chi connectivity index (χ2n) is 5.30. The van der Waals surface area contributed by atoms with E-state index in [1.807, 2.05) is 23.1 Å². The van der Waals surface area contributed by atoms with Gasteiger partial charge in [0.15, 0.2) is 4.67 Å². The summed E-state index contributed by atoms with van der Waals surface area (Å²) in [6.07, 6.45) is 1.53. The third-order valence-corrected chi connectivity index (χ3v) is 4.49. The Morgan fingerprint density at radius 1 is 1.24 bits per heavy atom. The van der Waals surface area contributed by atoms with Crippen LogP contribution >= 0.6 is 15.9 Å². The van der Waals surface area contributed by atoms with Crippen LogP contribution in [0.15, 0.2) is 51.7 Å². The molecule has 5 heteroatoms. The molecule has 1 amide bonds. The van der Waals surface area contributed by atoms with E-state index in [1.165, 1.54) is 6.26 Å². The first-order valence-corrected chi connectivity index (χ1v) is 7.73. The first-order chi connectivity index (χ1) is 10.2. The Balaban J connectivity index is 1.91. The van der Waals surface area contributed by atoms with Gasteiger partial charge in [0, 0.05) is 19.6 Å². The number of hydrogen-bond acceptors (Lipinski definition) is 3. The van der Waals surface area contributed by atoms with Gasteiger partial charge in [-0.1, -0.05) is 30.3 Å². The molecule has 1 aromatic carbocycles. The number of carbonyl (C=O) groups is 1. The molecule has 1 atom stereocenters. The summed E-state index contributed by atoms with van der Waals surface area (Å²) >= 11 is 3.30. The number of nitrogens with zero attached hydrogens (tertiary/aromatic N) is 2. The van der Waals surface area contributed by atoms with E-state index < -0.39 is 0 Å². The Labute approximate surface area is 132 Å². The zero-order chi connectivity index (χ0) is 14.8. The Bertz CT molecular complexity index is 626. The molecule has 1 aromatic heterocycles. The molecule has 0 spiro atoms. The van der Waals surface area contributed by atoms with Crippen LogP contribution in [-0.2, 0) is 0 Å². The predicted molar refractivity (Wildman–Crippen MR) is 84.1 cm³/mol. The molecule has 1 aliphatic heterocycles. The summed E-state index contributed by atoms with van der Waals surface area (Å²) in [5, 5.41) is 0. The molecule has 110 valence electrons. The second kappa shape index (κ2) is 6.03. The molecule has 0 aliphatic carbocycles. The fourth-order valence-electron chi connectivity index (χ4n) is 2.72. The van der Waals surface area contributed by atoms with Crippen molar-refractivity contribution in [1.82, 2.24) is 9.80 Å². The summed E-state index contributed by atoms with van der Waals surface area (Å²) < 4.78 is 5.70. The second-order valence-corrected chi connectivity index (χ2v) is 6.02. The summed E-state index contributed by atoms with van der Waals surface area (Å²) in [6.45, 7) is 2.43. The van der Waals surface area contributed by atoms with E-state index >= 15 is 0 Å². The highest BCUT2D eigenvalue weighted by atomic mass is 79.9. The summed E-state index contributed by atoms with van der Waals surface area (Å²) in [5.74, 6) is 0.0116. The first-order valence-electron chi connectivity index (χ1n) is 6.94. The number of likely N-dealkylation sites (N-methyl/N-ethyl adjacent to an activating group) is 1. The number of halogens is 1. The van der Waals surface area contributed by atoms with Crippen LogP contribution in [0, 0.1) is 0 Å². The maximum absolute atomic E-state index is 12.8. The summed E-state index contributed by atoms with van der Waals surface area (Å²) in [5.41, 5.74) is 1.75. The Kier molecular flexibility index (Phi) is 4.12. The third-order valence-electron chi connectivity index (χ3n) is 3.88. The van der Waals surface area contributed by atoms with Crippen molar-refractivity contribution in [3.05, 3.63) is 58.5 Å². The highest BCUT2D eigenvalue weighted by molar-refractivity contribution is 9.10. The zero-order valence-corrected chi connectivity index (χ0v) is 13.4. The molecule has 21 heavy (non-hydrogen) atoms. The van der Waals surface area contributed by atoms with Crippen molar-refractivity contribution >= 4 is 21.8 Å². The Morgan fingerprint density at radius 2 is 2.00 bits per heavy atom. The number of amides is 1. The molecule has 0 radical (unpaired) electrons. The van der Waals surface area contributed by atoms with E-state index in [-0.39, 0.29) is 11.9 Å². The number of piperazine rings is 1. The van der Waals surface area contributed by atoms with Crippen molar-refractivity contribution in [1.29, 1.82) is 0 Å². The standard InChI is InChI=1S/C16H17BrN2O2/c1-18-8-9-19(16(20)13-7-10-21-15(13)17)14(11-18)12-5-3-2-4-6-12/h2-7,10,14H,8-9,11H2,1H3. The van der Waals surface area contributed by atoms with E-state index in [9.17, 15) is 4.79 Å². The maximum atomic E-state index is 12.8. The zero-order valence-electron chi connectivity index (χ0n) is 11.8. The maximum Gasteiger partial charge on any atom is 0.258 e. The van der Waals surface area contributed by atoms with Crippen LogP contribution in [0.2, 0.25) is 0 Å². The topological polar surface area (TPSA) is 36.7 Å². The van der Waals surface area contributed by atoms with E-state index in [1.54, 1.807) is 6.07 Å². The van der Waals surface area contributed by atoms with E-state index in [0.717, 1.165) is 18.7 Å². The van der Waals surface area contributed by atoms with Crippen molar-refractivity contribution < 1.29 is 9.21 Å². The lowest BCUT2D eigenvalue weighted by molar-refractivity contribution is 0.0496. The van der Waals surface area contributed by atoms with Gasteiger partial charge in [-0.25, -0.2) is 0 Å². The van der Waals surface area contributed by atoms with Crippen LogP contribution in [0.1, 0.15) is 22.0 Å². The quantitative estimate of drug-likeness (QED) is 0.836. The van der Waals surface area contributed by atoms with Gasteiger partial charge >= 0.3 is 0 Å². The van der Waals surface area contributed by atoms with Gasteiger partial charge in [-0.2, -0.15) is 0 Å². The van der Waals surface area contributed by atoms with Gasteiger partial charge in [-0.15, -0.1) is 0 Å². The van der Waals surface area contributed by atoms with Gasteiger partial charge in [0.1, 0.15) is 0 Å². The largest absolute Gasteiger partial charge is 0.457 e. The molecular weight excluding hydrogens is 332 g/mol. The molecular formula is C16H17BrN2O2. The number of carbonyl (C=O) groups excluding carboxylic acids is 1. The molecule has 3 rings (SSSR count). The van der Waals surface area contributed by atoms with Gasteiger partial charge < -0.3 is 14.2 Å². The minimum Gasteiger partial charge on any atom is -0.457 e. The SMILES string of the molecule is CN1CCN(C(=O)c2ccoc2Br)C(c2ccccc2)C1. The number of furan rings is 1. The lowest BCUT2D eigenvalue weighted by atomic mass is 10.0. The van der Waals surface area contributed by atoms with Crippen molar-refractivity contribution in [3.63, 3.8) is 0 Å². The summed E-state index contributed by atoms with van der Waals surface area (Å²) in [7, 11) is 2.09. The molecule has 0 bridgehead atoms. The number of benzene rings is 1. The van der Waals surface area contributed by atoms with Crippen molar-refractivity contribution in [3.8, 4) is 0 Å². The molecule has 4 nitrogen and oxygen atoms in total. The van der Waals surface area contributed by atoms with Crippen molar-refractivity contribution in [2.24, 2.45) is 0 Å². The smallest absolute Gasteiger partial charge is 0.258 e.